The lowest BCUT2D eigenvalue weighted by atomic mass is 10.1. The van der Waals surface area contributed by atoms with Crippen LogP contribution < -0.4 is 0 Å². The molecule has 0 aromatic heterocycles. The Morgan fingerprint density at radius 3 is 2.52 bits per heavy atom. The zero-order chi connectivity index (χ0) is 22.4. The lowest BCUT2D eigenvalue weighted by Gasteiger charge is -2.43. The van der Waals surface area contributed by atoms with E-state index in [-0.39, 0.29) is 22.9 Å². The van der Waals surface area contributed by atoms with Gasteiger partial charge in [-0.15, -0.1) is 0 Å². The molecule has 2 saturated heterocycles. The van der Waals surface area contributed by atoms with Crippen LogP contribution in [0.1, 0.15) is 32.6 Å². The van der Waals surface area contributed by atoms with Crippen LogP contribution in [-0.2, 0) is 25.6 Å². The molecular weight excluding hydrogens is 464 g/mol. The normalized spacial score (nSPS) is 30.9. The predicted molar refractivity (Wildman–Crippen MR) is 117 cm³/mol. The Balaban J connectivity index is 1.65. The minimum Gasteiger partial charge on any atom is -0.441 e. The molecule has 1 saturated carbocycles. The third kappa shape index (κ3) is 4.50. The molecule has 2 aliphatic heterocycles. The summed E-state index contributed by atoms with van der Waals surface area (Å²) in [6.07, 6.45) is 0.889. The van der Waals surface area contributed by atoms with Gasteiger partial charge in [-0.1, -0.05) is 18.5 Å². The molecule has 4 rings (SSSR count). The van der Waals surface area contributed by atoms with Crippen molar-refractivity contribution in [1.29, 1.82) is 0 Å². The molecule has 11 heteroatoms. The molecule has 4 atom stereocenters. The van der Waals surface area contributed by atoms with Gasteiger partial charge in [-0.2, -0.15) is 4.31 Å². The van der Waals surface area contributed by atoms with E-state index >= 15 is 0 Å². The number of rotatable bonds is 5. The molecule has 0 spiro atoms. The average Bonchev–Trinajstić information content (AvgIpc) is 3.37. The summed E-state index contributed by atoms with van der Waals surface area (Å²) in [5.74, 6) is 0.376. The Morgan fingerprint density at radius 2 is 1.97 bits per heavy atom. The summed E-state index contributed by atoms with van der Waals surface area (Å²) in [6.45, 7) is 2.47. The largest absolute Gasteiger partial charge is 0.441 e. The summed E-state index contributed by atoms with van der Waals surface area (Å²) in [7, 11) is -5.14. The van der Waals surface area contributed by atoms with Gasteiger partial charge in [0.05, 0.1) is 17.0 Å². The highest BCUT2D eigenvalue weighted by atomic mass is 35.5. The second-order valence-electron chi connectivity index (χ2n) is 8.46. The van der Waals surface area contributed by atoms with E-state index in [0.717, 1.165) is 0 Å². The van der Waals surface area contributed by atoms with Crippen molar-refractivity contribution < 1.29 is 27.3 Å². The number of likely N-dealkylation sites (tertiary alicyclic amines) is 1. The number of halogens is 1. The molecule has 8 nitrogen and oxygen atoms in total. The fraction of sp³-hybridized carbons (Fsp3) is 0.650. The van der Waals surface area contributed by atoms with E-state index < -0.39 is 50.7 Å². The molecule has 31 heavy (non-hydrogen) atoms. The molecule has 4 unspecified atom stereocenters. The number of hydrogen-bond donors (Lipinski definition) is 1. The fourth-order valence-corrected chi connectivity index (χ4v) is 8.44. The summed E-state index contributed by atoms with van der Waals surface area (Å²) in [5.41, 5.74) is -0.992. The first-order valence-corrected chi connectivity index (χ1v) is 13.8. The maximum atomic E-state index is 13.6. The number of nitrogens with zero attached hydrogens (tertiary/aromatic N) is 2. The third-order valence-corrected chi connectivity index (χ3v) is 9.98. The molecule has 1 N–H and O–H groups in total. The molecule has 3 aliphatic rings. The summed E-state index contributed by atoms with van der Waals surface area (Å²) >= 11 is 5.94. The summed E-state index contributed by atoms with van der Waals surface area (Å²) in [4.78, 5) is 14.3. The number of aliphatic hydroxyl groups is 1. The topological polar surface area (TPSA) is 104 Å². The molecule has 0 bridgehead atoms. The van der Waals surface area contributed by atoms with Crippen molar-refractivity contribution in [2.45, 2.75) is 61.3 Å². The van der Waals surface area contributed by atoms with Crippen LogP contribution in [0.4, 0.5) is 4.79 Å². The Bertz CT molecular complexity index is 966. The third-order valence-electron chi connectivity index (χ3n) is 6.31. The Labute approximate surface area is 190 Å². The van der Waals surface area contributed by atoms with Crippen LogP contribution in [0, 0.1) is 0 Å². The van der Waals surface area contributed by atoms with Gasteiger partial charge in [0.15, 0.2) is 0 Å². The van der Waals surface area contributed by atoms with Crippen LogP contribution in [0.15, 0.2) is 29.2 Å². The Morgan fingerprint density at radius 1 is 1.29 bits per heavy atom. The average molecular weight is 491 g/mol. The van der Waals surface area contributed by atoms with Crippen molar-refractivity contribution in [3.8, 4) is 0 Å². The highest BCUT2D eigenvalue weighted by Crippen LogP contribution is 2.48. The monoisotopic (exact) mass is 490 g/mol. The minimum absolute atomic E-state index is 0.109. The molecular formula is C20H27ClN2O6S2. The van der Waals surface area contributed by atoms with Crippen molar-refractivity contribution in [1.82, 2.24) is 9.21 Å². The number of carbonyl (C=O) groups excluding carboxylic acids is 1. The van der Waals surface area contributed by atoms with E-state index in [1.54, 1.807) is 0 Å². The molecule has 172 valence electrons. The van der Waals surface area contributed by atoms with Crippen molar-refractivity contribution in [2.75, 3.05) is 24.6 Å². The van der Waals surface area contributed by atoms with Gasteiger partial charge in [-0.25, -0.2) is 13.2 Å². The Hall–Kier alpha value is -1.20. The Kier molecular flexibility index (Phi) is 6.39. The fourth-order valence-electron chi connectivity index (χ4n) is 4.41. The van der Waals surface area contributed by atoms with Crippen molar-refractivity contribution in [3.63, 3.8) is 0 Å². The number of aliphatic hydroxyl groups excluding tert-OH is 1. The lowest BCUT2D eigenvalue weighted by molar-refractivity contribution is 0.0126. The lowest BCUT2D eigenvalue weighted by Crippen LogP contribution is -2.61. The summed E-state index contributed by atoms with van der Waals surface area (Å²) < 4.78 is 47.2. The van der Waals surface area contributed by atoms with Gasteiger partial charge in [0.2, 0.25) is 10.0 Å². The van der Waals surface area contributed by atoms with Gasteiger partial charge < -0.3 is 14.7 Å². The highest BCUT2D eigenvalue weighted by Gasteiger charge is 2.61. The number of sulfonamides is 1. The first kappa shape index (κ1) is 23.0. The molecule has 1 aromatic carbocycles. The van der Waals surface area contributed by atoms with Gasteiger partial charge in [0.1, 0.15) is 5.60 Å². The first-order chi connectivity index (χ1) is 14.7. The summed E-state index contributed by atoms with van der Waals surface area (Å²) in [6, 6.07) is 4.82. The zero-order valence-corrected chi connectivity index (χ0v) is 19.7. The number of β-amino-alcohol motifs (C(OH)–C–C–N with tert-alkyl or cyclic N) is 1. The van der Waals surface area contributed by atoms with E-state index in [1.807, 2.05) is 6.92 Å². The van der Waals surface area contributed by atoms with Gasteiger partial charge in [0, 0.05) is 46.5 Å². The van der Waals surface area contributed by atoms with Crippen LogP contribution in [0.2, 0.25) is 5.02 Å². The number of amides is 1. The number of benzene rings is 1. The number of hydrogen-bond acceptors (Lipinski definition) is 6. The van der Waals surface area contributed by atoms with Crippen LogP contribution in [0.3, 0.4) is 0 Å². The molecule has 0 radical (unpaired) electrons. The van der Waals surface area contributed by atoms with E-state index in [4.69, 9.17) is 16.3 Å². The molecule has 2 heterocycles. The van der Waals surface area contributed by atoms with Crippen molar-refractivity contribution in [2.24, 2.45) is 0 Å². The highest BCUT2D eigenvalue weighted by molar-refractivity contribution is 7.89. The zero-order valence-electron chi connectivity index (χ0n) is 17.3. The SMILES string of the molecule is CCC1CS(=O)CC(C2(OC(=O)N3CCC(O)C3)CC2)N1S(=O)(=O)c1ccc(Cl)cc1. The number of ether oxygens (including phenoxy) is 1. The maximum absolute atomic E-state index is 13.6. The van der Waals surface area contributed by atoms with Crippen molar-refractivity contribution in [3.05, 3.63) is 29.3 Å². The van der Waals surface area contributed by atoms with Crippen LogP contribution in [0.25, 0.3) is 0 Å². The molecule has 1 aliphatic carbocycles. The quantitative estimate of drug-likeness (QED) is 0.676. The van der Waals surface area contributed by atoms with E-state index in [9.17, 15) is 22.5 Å². The van der Waals surface area contributed by atoms with E-state index in [0.29, 0.717) is 37.3 Å². The molecule has 1 aromatic rings. The smallest absolute Gasteiger partial charge is 0.410 e. The van der Waals surface area contributed by atoms with Gasteiger partial charge in [0.25, 0.3) is 0 Å². The first-order valence-electron chi connectivity index (χ1n) is 10.5. The van der Waals surface area contributed by atoms with Crippen LogP contribution >= 0.6 is 11.6 Å². The van der Waals surface area contributed by atoms with Crippen LogP contribution in [0.5, 0.6) is 0 Å². The second kappa shape index (κ2) is 8.62. The van der Waals surface area contributed by atoms with Gasteiger partial charge in [-0.3, -0.25) is 4.21 Å². The minimum atomic E-state index is -3.92. The standard InChI is InChI=1S/C20H27ClN2O6S2/c1-2-15-12-30(26)13-18(23(15)31(27,28)17-5-3-14(21)4-6-17)20(8-9-20)29-19(25)22-10-7-16(24)11-22/h3-6,15-16,18,24H,2,7-13H2,1H3. The maximum Gasteiger partial charge on any atom is 0.410 e. The summed E-state index contributed by atoms with van der Waals surface area (Å²) in [5, 5.41) is 10.2. The van der Waals surface area contributed by atoms with E-state index in [1.165, 1.54) is 33.5 Å². The second-order valence-corrected chi connectivity index (χ2v) is 12.3. The predicted octanol–water partition coefficient (Wildman–Crippen LogP) is 1.98. The van der Waals surface area contributed by atoms with Crippen LogP contribution in [-0.4, -0.2) is 81.4 Å². The van der Waals surface area contributed by atoms with E-state index in [2.05, 4.69) is 0 Å². The molecule has 1 amide bonds. The van der Waals surface area contributed by atoms with Crippen molar-refractivity contribution >= 4 is 38.5 Å². The number of carbonyl (C=O) groups is 1. The van der Waals surface area contributed by atoms with Gasteiger partial charge >= 0.3 is 6.09 Å². The van der Waals surface area contributed by atoms with Gasteiger partial charge in [-0.05, 0) is 49.9 Å². The molecule has 3 fully saturated rings.